The summed E-state index contributed by atoms with van der Waals surface area (Å²) >= 11 is 0. The van der Waals surface area contributed by atoms with Gasteiger partial charge in [0, 0.05) is 30.8 Å². The predicted octanol–water partition coefficient (Wildman–Crippen LogP) is 2.02. The van der Waals surface area contributed by atoms with Gasteiger partial charge < -0.3 is 14.6 Å². The summed E-state index contributed by atoms with van der Waals surface area (Å²) in [6, 6.07) is 4.42. The average Bonchev–Trinajstić information content (AvgIpc) is 2.65. The first-order valence-electron chi connectivity index (χ1n) is 6.76. The number of hydrogen-bond acceptors (Lipinski definition) is 3. The third-order valence-electron chi connectivity index (χ3n) is 4.00. The Labute approximate surface area is 107 Å². The van der Waals surface area contributed by atoms with Gasteiger partial charge in [0.05, 0.1) is 6.10 Å². The van der Waals surface area contributed by atoms with E-state index in [0.717, 1.165) is 19.4 Å². The zero-order valence-corrected chi connectivity index (χ0v) is 10.9. The lowest BCUT2D eigenvalue weighted by atomic mass is 9.76. The van der Waals surface area contributed by atoms with E-state index in [4.69, 9.17) is 4.74 Å². The maximum Gasteiger partial charge on any atom is 0.274 e. The summed E-state index contributed by atoms with van der Waals surface area (Å²) in [5.41, 5.74) is 0.802. The molecule has 2 heterocycles. The molecule has 1 saturated carbocycles. The number of anilines is 1. The molecule has 0 aromatic carbocycles. The third kappa shape index (κ3) is 1.85. The highest BCUT2D eigenvalue weighted by Gasteiger charge is 2.46. The number of aromatic nitrogens is 1. The van der Waals surface area contributed by atoms with Crippen molar-refractivity contribution in [3.8, 4) is 0 Å². The highest BCUT2D eigenvalue weighted by atomic mass is 16.5. The summed E-state index contributed by atoms with van der Waals surface area (Å²) in [4.78, 5) is 12.4. The average molecular weight is 248 g/mol. The Kier molecular flexibility index (Phi) is 2.90. The quantitative estimate of drug-likeness (QED) is 0.890. The Morgan fingerprint density at radius 2 is 2.33 bits per heavy atom. The summed E-state index contributed by atoms with van der Waals surface area (Å²) in [6.07, 6.45) is 4.37. The number of hydrogen-bond donors (Lipinski definition) is 1. The fourth-order valence-electron chi connectivity index (χ4n) is 3.08. The third-order valence-corrected chi connectivity index (χ3v) is 4.00. The zero-order valence-electron chi connectivity index (χ0n) is 10.9. The molecule has 0 amide bonds. The minimum atomic E-state index is 0.0987. The van der Waals surface area contributed by atoms with E-state index in [1.54, 1.807) is 0 Å². The first-order chi connectivity index (χ1) is 8.66. The molecular formula is C14H20N2O2. The van der Waals surface area contributed by atoms with Crippen LogP contribution in [-0.2, 0) is 4.74 Å². The van der Waals surface area contributed by atoms with Crippen molar-refractivity contribution >= 4 is 5.69 Å². The Balaban J connectivity index is 1.86. The zero-order chi connectivity index (χ0) is 12.7. The number of rotatable bonds is 3. The van der Waals surface area contributed by atoms with Crippen LogP contribution in [0.5, 0.6) is 0 Å². The van der Waals surface area contributed by atoms with E-state index in [1.165, 1.54) is 0 Å². The van der Waals surface area contributed by atoms with Crippen molar-refractivity contribution < 1.29 is 4.74 Å². The Morgan fingerprint density at radius 1 is 1.50 bits per heavy atom. The van der Waals surface area contributed by atoms with Crippen LogP contribution >= 0.6 is 0 Å². The van der Waals surface area contributed by atoms with Crippen molar-refractivity contribution in [2.75, 3.05) is 11.9 Å². The number of ether oxygens (including phenoxy) is 1. The molecule has 1 aromatic rings. The van der Waals surface area contributed by atoms with Crippen molar-refractivity contribution in [1.29, 1.82) is 0 Å². The van der Waals surface area contributed by atoms with Gasteiger partial charge in [0.15, 0.2) is 0 Å². The second-order valence-corrected chi connectivity index (χ2v) is 5.60. The number of fused-ring (bicyclic) bond motifs is 1. The van der Waals surface area contributed by atoms with Crippen LogP contribution in [0.4, 0.5) is 5.69 Å². The summed E-state index contributed by atoms with van der Waals surface area (Å²) < 4.78 is 7.50. The molecule has 1 N–H and O–H groups in total. The molecular weight excluding hydrogens is 228 g/mol. The standard InChI is InChI=1S/C14H20N2O2/c1-9(2)15-11-4-3-6-16(14(11)17)12-8-13-10(12)5-7-18-13/h3-4,6,9-10,12-13,15H,5,7-8H2,1-2H3/t10-,12-,13+/m0/s1. The molecule has 2 aliphatic rings. The van der Waals surface area contributed by atoms with Crippen molar-refractivity contribution in [3.63, 3.8) is 0 Å². The molecule has 1 aliphatic heterocycles. The smallest absolute Gasteiger partial charge is 0.274 e. The molecule has 0 radical (unpaired) electrons. The molecule has 0 unspecified atom stereocenters. The fraction of sp³-hybridized carbons (Fsp3) is 0.643. The fourth-order valence-corrected chi connectivity index (χ4v) is 3.08. The maximum absolute atomic E-state index is 12.4. The lowest BCUT2D eigenvalue weighted by Crippen LogP contribution is -2.43. The molecule has 4 heteroatoms. The summed E-state index contributed by atoms with van der Waals surface area (Å²) in [5.74, 6) is 0.539. The number of nitrogens with one attached hydrogen (secondary N) is 1. The van der Waals surface area contributed by atoms with Crippen LogP contribution in [0.25, 0.3) is 0 Å². The number of nitrogens with zero attached hydrogens (tertiary/aromatic N) is 1. The van der Waals surface area contributed by atoms with Gasteiger partial charge in [-0.3, -0.25) is 4.79 Å². The predicted molar refractivity (Wildman–Crippen MR) is 71.0 cm³/mol. The van der Waals surface area contributed by atoms with Gasteiger partial charge in [0.2, 0.25) is 0 Å². The van der Waals surface area contributed by atoms with E-state index >= 15 is 0 Å². The van der Waals surface area contributed by atoms with Crippen LogP contribution < -0.4 is 10.9 Å². The molecule has 3 atom stereocenters. The van der Waals surface area contributed by atoms with Crippen molar-refractivity contribution in [3.05, 3.63) is 28.7 Å². The van der Waals surface area contributed by atoms with Gasteiger partial charge in [-0.25, -0.2) is 0 Å². The largest absolute Gasteiger partial charge is 0.378 e. The Bertz CT molecular complexity index is 495. The Hall–Kier alpha value is -1.29. The first-order valence-corrected chi connectivity index (χ1v) is 6.76. The second kappa shape index (κ2) is 4.43. The van der Waals surface area contributed by atoms with E-state index in [-0.39, 0.29) is 11.6 Å². The molecule has 3 rings (SSSR count). The normalized spacial score (nSPS) is 30.1. The van der Waals surface area contributed by atoms with Gasteiger partial charge >= 0.3 is 0 Å². The van der Waals surface area contributed by atoms with Crippen LogP contribution in [0.1, 0.15) is 32.7 Å². The van der Waals surface area contributed by atoms with Crippen LogP contribution in [0.2, 0.25) is 0 Å². The van der Waals surface area contributed by atoms with Crippen LogP contribution in [-0.4, -0.2) is 23.3 Å². The minimum Gasteiger partial charge on any atom is -0.378 e. The second-order valence-electron chi connectivity index (χ2n) is 5.60. The maximum atomic E-state index is 12.4. The SMILES string of the molecule is CC(C)Nc1cccn([C@H]2C[C@H]3OCC[C@H]32)c1=O. The molecule has 1 saturated heterocycles. The van der Waals surface area contributed by atoms with E-state index in [1.807, 2.05) is 36.7 Å². The molecule has 0 spiro atoms. The Morgan fingerprint density at radius 3 is 3.06 bits per heavy atom. The van der Waals surface area contributed by atoms with Crippen LogP contribution in [0.15, 0.2) is 23.1 Å². The van der Waals surface area contributed by atoms with Crippen molar-refractivity contribution in [1.82, 2.24) is 4.57 Å². The van der Waals surface area contributed by atoms with Gasteiger partial charge in [0.25, 0.3) is 5.56 Å². The molecule has 0 bridgehead atoms. The number of pyridine rings is 1. The van der Waals surface area contributed by atoms with Crippen LogP contribution in [0.3, 0.4) is 0 Å². The molecule has 4 nitrogen and oxygen atoms in total. The van der Waals surface area contributed by atoms with Gasteiger partial charge in [0.1, 0.15) is 5.69 Å². The monoisotopic (exact) mass is 248 g/mol. The highest BCUT2D eigenvalue weighted by molar-refractivity contribution is 5.41. The first kappa shape index (κ1) is 11.8. The lowest BCUT2D eigenvalue weighted by Gasteiger charge is -2.40. The molecule has 18 heavy (non-hydrogen) atoms. The summed E-state index contributed by atoms with van der Waals surface area (Å²) in [7, 11) is 0. The van der Waals surface area contributed by atoms with E-state index < -0.39 is 0 Å². The van der Waals surface area contributed by atoms with Gasteiger partial charge in [-0.15, -0.1) is 0 Å². The van der Waals surface area contributed by atoms with Crippen molar-refractivity contribution in [2.45, 2.75) is 44.9 Å². The van der Waals surface area contributed by atoms with Gasteiger partial charge in [-0.05, 0) is 38.8 Å². The lowest BCUT2D eigenvalue weighted by molar-refractivity contribution is -0.00682. The molecule has 2 fully saturated rings. The van der Waals surface area contributed by atoms with Crippen molar-refractivity contribution in [2.24, 2.45) is 5.92 Å². The topological polar surface area (TPSA) is 43.3 Å². The van der Waals surface area contributed by atoms with Gasteiger partial charge in [-0.1, -0.05) is 0 Å². The van der Waals surface area contributed by atoms with Gasteiger partial charge in [-0.2, -0.15) is 0 Å². The summed E-state index contributed by atoms with van der Waals surface area (Å²) in [5, 5.41) is 3.21. The van der Waals surface area contributed by atoms with Crippen LogP contribution in [0, 0.1) is 5.92 Å². The summed E-state index contributed by atoms with van der Waals surface area (Å²) in [6.45, 7) is 4.94. The van der Waals surface area contributed by atoms with E-state index in [0.29, 0.717) is 23.8 Å². The molecule has 1 aliphatic carbocycles. The van der Waals surface area contributed by atoms with E-state index in [2.05, 4.69) is 5.32 Å². The molecule has 1 aromatic heterocycles. The van der Waals surface area contributed by atoms with E-state index in [9.17, 15) is 4.79 Å². The highest BCUT2D eigenvalue weighted by Crippen LogP contribution is 2.46. The minimum absolute atomic E-state index is 0.0987. The molecule has 98 valence electrons.